The first-order valence-corrected chi connectivity index (χ1v) is 9.31. The third-order valence-corrected chi connectivity index (χ3v) is 4.62. The third-order valence-electron chi connectivity index (χ3n) is 4.62. The Labute approximate surface area is 159 Å². The summed E-state index contributed by atoms with van der Waals surface area (Å²) in [6, 6.07) is 3.56. The molecule has 1 aliphatic heterocycles. The Bertz CT molecular complexity index is 649. The van der Waals surface area contributed by atoms with Gasteiger partial charge in [-0.1, -0.05) is 0 Å². The van der Waals surface area contributed by atoms with Crippen LogP contribution in [0.1, 0.15) is 50.7 Å². The fraction of sp³-hybridized carbons (Fsp3) is 0.650. The number of rotatable bonds is 5. The zero-order chi connectivity index (χ0) is 20.2. The number of likely N-dealkylation sites (tertiary alicyclic amines) is 1. The van der Waals surface area contributed by atoms with Crippen molar-refractivity contribution in [3.8, 4) is 5.75 Å². The van der Waals surface area contributed by atoms with Crippen molar-refractivity contribution < 1.29 is 23.0 Å². The number of anilines is 1. The summed E-state index contributed by atoms with van der Waals surface area (Å²) in [6.07, 6.45) is 0.114. The lowest BCUT2D eigenvalue weighted by Gasteiger charge is -2.34. The number of carbonyl (C=O) groups is 1. The summed E-state index contributed by atoms with van der Waals surface area (Å²) in [4.78, 5) is 13.9. The number of halogens is 2. The van der Waals surface area contributed by atoms with Crippen molar-refractivity contribution in [2.45, 2.75) is 58.2 Å². The fourth-order valence-electron chi connectivity index (χ4n) is 3.25. The third kappa shape index (κ3) is 5.71. The highest BCUT2D eigenvalue weighted by Crippen LogP contribution is 2.36. The molecule has 1 fully saturated rings. The highest BCUT2D eigenvalue weighted by Gasteiger charge is 2.28. The zero-order valence-corrected chi connectivity index (χ0v) is 16.6. The zero-order valence-electron chi connectivity index (χ0n) is 16.6. The summed E-state index contributed by atoms with van der Waals surface area (Å²) in [6.45, 7) is 6.86. The van der Waals surface area contributed by atoms with E-state index in [1.165, 1.54) is 0 Å². The first-order chi connectivity index (χ1) is 12.6. The normalized spacial score (nSPS) is 15.9. The van der Waals surface area contributed by atoms with E-state index in [4.69, 9.17) is 15.2 Å². The number of carbonyl (C=O) groups excluding carboxylic acids is 1. The molecule has 0 spiro atoms. The number of amides is 1. The maximum atomic E-state index is 12.8. The van der Waals surface area contributed by atoms with E-state index < -0.39 is 25.1 Å². The number of aryl methyl sites for hydroxylation is 1. The van der Waals surface area contributed by atoms with Crippen LogP contribution in [0.25, 0.3) is 0 Å². The molecule has 0 radical (unpaired) electrons. The van der Waals surface area contributed by atoms with Crippen LogP contribution in [-0.4, -0.2) is 49.1 Å². The van der Waals surface area contributed by atoms with Gasteiger partial charge in [0.15, 0.2) is 6.10 Å². The van der Waals surface area contributed by atoms with Gasteiger partial charge in [-0.3, -0.25) is 0 Å². The highest BCUT2D eigenvalue weighted by molar-refractivity contribution is 5.68. The molecule has 7 heteroatoms. The van der Waals surface area contributed by atoms with Crippen LogP contribution in [0, 0.1) is 6.92 Å². The Balaban J connectivity index is 2.08. The minimum Gasteiger partial charge on any atom is -0.483 e. The van der Waals surface area contributed by atoms with Gasteiger partial charge in [0.05, 0.1) is 5.69 Å². The Kier molecular flexibility index (Phi) is 6.89. The molecule has 1 aromatic rings. The Morgan fingerprint density at radius 2 is 1.85 bits per heavy atom. The molecule has 1 aliphatic rings. The number of ether oxygens (including phenoxy) is 2. The maximum Gasteiger partial charge on any atom is 0.410 e. The highest BCUT2D eigenvalue weighted by atomic mass is 19.1. The lowest BCUT2D eigenvalue weighted by Crippen LogP contribution is -2.41. The lowest BCUT2D eigenvalue weighted by molar-refractivity contribution is 0.0204. The van der Waals surface area contributed by atoms with E-state index in [1.807, 2.05) is 27.7 Å². The minimum absolute atomic E-state index is 0.223. The largest absolute Gasteiger partial charge is 0.483 e. The topological polar surface area (TPSA) is 64.8 Å². The van der Waals surface area contributed by atoms with Gasteiger partial charge in [0.2, 0.25) is 0 Å². The van der Waals surface area contributed by atoms with E-state index in [0.29, 0.717) is 24.5 Å². The van der Waals surface area contributed by atoms with E-state index in [1.54, 1.807) is 17.0 Å². The summed E-state index contributed by atoms with van der Waals surface area (Å²) in [5, 5.41) is 0. The van der Waals surface area contributed by atoms with Crippen LogP contribution in [0.4, 0.5) is 19.3 Å². The van der Waals surface area contributed by atoms with Gasteiger partial charge in [-0.05, 0) is 69.7 Å². The van der Waals surface area contributed by atoms with Gasteiger partial charge in [-0.15, -0.1) is 0 Å². The van der Waals surface area contributed by atoms with Crippen LogP contribution in [0.2, 0.25) is 0 Å². The molecule has 2 N–H and O–H groups in total. The monoisotopic (exact) mass is 384 g/mol. The van der Waals surface area contributed by atoms with Gasteiger partial charge in [-0.2, -0.15) is 0 Å². The molecule has 0 atom stereocenters. The molecule has 0 aromatic heterocycles. The van der Waals surface area contributed by atoms with Crippen molar-refractivity contribution in [2.75, 3.05) is 32.2 Å². The Morgan fingerprint density at radius 1 is 1.26 bits per heavy atom. The molecular weight excluding hydrogens is 354 g/mol. The maximum absolute atomic E-state index is 12.8. The molecule has 1 saturated heterocycles. The molecule has 2 rings (SSSR count). The molecule has 1 heterocycles. The van der Waals surface area contributed by atoms with E-state index >= 15 is 0 Å². The standard InChI is InChI=1S/C20H30F2N2O3/c1-13-9-17(23)18(26-15(11-21)12-22)10-16(13)14-5-7-24(8-6-14)19(25)27-20(2,3)4/h9-10,14-15H,5-8,11-12,23H2,1-4H3. The van der Waals surface area contributed by atoms with E-state index in [9.17, 15) is 13.6 Å². The first kappa shape index (κ1) is 21.3. The summed E-state index contributed by atoms with van der Waals surface area (Å²) in [5.74, 6) is 0.534. The average Bonchev–Trinajstić information content (AvgIpc) is 2.60. The van der Waals surface area contributed by atoms with Crippen molar-refractivity contribution in [1.82, 2.24) is 4.90 Å². The lowest BCUT2D eigenvalue weighted by atomic mass is 9.86. The second kappa shape index (κ2) is 8.76. The molecule has 1 amide bonds. The quantitative estimate of drug-likeness (QED) is 0.765. The van der Waals surface area contributed by atoms with Crippen LogP contribution >= 0.6 is 0 Å². The van der Waals surface area contributed by atoms with Gasteiger partial charge in [0.25, 0.3) is 0 Å². The molecule has 27 heavy (non-hydrogen) atoms. The average molecular weight is 384 g/mol. The molecule has 0 unspecified atom stereocenters. The van der Waals surface area contributed by atoms with Crippen LogP contribution in [0.5, 0.6) is 5.75 Å². The summed E-state index contributed by atoms with van der Waals surface area (Å²) >= 11 is 0. The molecule has 0 bridgehead atoms. The van der Waals surface area contributed by atoms with Gasteiger partial charge < -0.3 is 20.1 Å². The predicted molar refractivity (Wildman–Crippen MR) is 102 cm³/mol. The van der Waals surface area contributed by atoms with Crippen molar-refractivity contribution in [3.05, 3.63) is 23.3 Å². The Hall–Kier alpha value is -2.05. The molecular formula is C20H30F2N2O3. The number of hydrogen-bond donors (Lipinski definition) is 1. The smallest absolute Gasteiger partial charge is 0.410 e. The summed E-state index contributed by atoms with van der Waals surface area (Å²) in [7, 11) is 0. The van der Waals surface area contributed by atoms with E-state index in [0.717, 1.165) is 24.0 Å². The van der Waals surface area contributed by atoms with Crippen molar-refractivity contribution in [1.29, 1.82) is 0 Å². The number of piperidine rings is 1. The number of benzene rings is 1. The first-order valence-electron chi connectivity index (χ1n) is 9.31. The van der Waals surface area contributed by atoms with Crippen molar-refractivity contribution in [3.63, 3.8) is 0 Å². The fourth-order valence-corrected chi connectivity index (χ4v) is 3.25. The molecule has 1 aromatic carbocycles. The van der Waals surface area contributed by atoms with E-state index in [2.05, 4.69) is 0 Å². The second-order valence-corrected chi connectivity index (χ2v) is 8.04. The number of nitrogen functional groups attached to an aromatic ring is 1. The predicted octanol–water partition coefficient (Wildman–Crippen LogP) is 4.38. The van der Waals surface area contributed by atoms with Gasteiger partial charge in [0, 0.05) is 13.1 Å². The van der Waals surface area contributed by atoms with Crippen LogP contribution in [0.15, 0.2) is 12.1 Å². The number of alkyl halides is 2. The molecule has 0 aliphatic carbocycles. The molecule has 152 valence electrons. The SMILES string of the molecule is Cc1cc(N)c(OC(CF)CF)cc1C1CCN(C(=O)OC(C)(C)C)CC1. The Morgan fingerprint density at radius 3 is 2.37 bits per heavy atom. The number of nitrogens with zero attached hydrogens (tertiary/aromatic N) is 1. The van der Waals surface area contributed by atoms with Crippen LogP contribution in [-0.2, 0) is 4.74 Å². The van der Waals surface area contributed by atoms with Crippen molar-refractivity contribution in [2.24, 2.45) is 0 Å². The van der Waals surface area contributed by atoms with Crippen LogP contribution in [0.3, 0.4) is 0 Å². The van der Waals surface area contributed by atoms with E-state index in [-0.39, 0.29) is 12.0 Å². The minimum atomic E-state index is -1.14. The number of hydrogen-bond acceptors (Lipinski definition) is 4. The molecule has 0 saturated carbocycles. The second-order valence-electron chi connectivity index (χ2n) is 8.04. The van der Waals surface area contributed by atoms with Gasteiger partial charge in [0.1, 0.15) is 24.7 Å². The van der Waals surface area contributed by atoms with Crippen LogP contribution < -0.4 is 10.5 Å². The number of nitrogens with two attached hydrogens (primary N) is 1. The van der Waals surface area contributed by atoms with Gasteiger partial charge >= 0.3 is 6.09 Å². The van der Waals surface area contributed by atoms with Crippen molar-refractivity contribution >= 4 is 11.8 Å². The summed E-state index contributed by atoms with van der Waals surface area (Å²) < 4.78 is 36.4. The summed E-state index contributed by atoms with van der Waals surface area (Å²) in [5.41, 5.74) is 7.86. The van der Waals surface area contributed by atoms with Gasteiger partial charge in [-0.25, -0.2) is 13.6 Å². The molecule has 5 nitrogen and oxygen atoms in total.